The van der Waals surface area contributed by atoms with Gasteiger partial charge >= 0.3 is 0 Å². The van der Waals surface area contributed by atoms with Crippen molar-refractivity contribution in [3.63, 3.8) is 0 Å². The van der Waals surface area contributed by atoms with Crippen LogP contribution < -0.4 is 0 Å². The molecule has 0 fully saturated rings. The number of halogens is 1. The van der Waals surface area contributed by atoms with Crippen LogP contribution in [0.1, 0.15) is 6.42 Å². The minimum absolute atomic E-state index is 0.693. The standard InChI is InChI=1S/C6H12ClNO2S/c1-8(2)5-3-4-6-11(7,9)10/h4,6H,3,5H2,1-2H3/b6-4-. The third kappa shape index (κ3) is 9.94. The van der Waals surface area contributed by atoms with Gasteiger partial charge in [-0.15, -0.1) is 0 Å². The molecule has 0 N–H and O–H groups in total. The molecular formula is C6H12ClNO2S. The van der Waals surface area contributed by atoms with E-state index in [1.807, 2.05) is 19.0 Å². The van der Waals surface area contributed by atoms with E-state index in [4.69, 9.17) is 10.7 Å². The molecule has 0 rings (SSSR count). The Kier molecular flexibility index (Phi) is 4.72. The van der Waals surface area contributed by atoms with Gasteiger partial charge in [-0.05, 0) is 20.5 Å². The fraction of sp³-hybridized carbons (Fsp3) is 0.667. The van der Waals surface area contributed by atoms with Crippen molar-refractivity contribution in [2.75, 3.05) is 20.6 Å². The lowest BCUT2D eigenvalue weighted by atomic mass is 10.4. The normalized spacial score (nSPS) is 13.1. The molecule has 0 spiro atoms. The molecule has 0 aliphatic rings. The molecule has 66 valence electrons. The zero-order valence-corrected chi connectivity index (χ0v) is 8.19. The van der Waals surface area contributed by atoms with Gasteiger partial charge in [0.05, 0.1) is 0 Å². The summed E-state index contributed by atoms with van der Waals surface area (Å²) in [6.45, 7) is 0.822. The molecule has 0 heterocycles. The Bertz CT molecular complexity index is 221. The largest absolute Gasteiger partial charge is 0.309 e. The average molecular weight is 198 g/mol. The van der Waals surface area contributed by atoms with Crippen LogP contribution in [0, 0.1) is 0 Å². The Morgan fingerprint density at radius 1 is 1.45 bits per heavy atom. The molecule has 0 aliphatic carbocycles. The van der Waals surface area contributed by atoms with E-state index >= 15 is 0 Å². The molecule has 0 aliphatic heterocycles. The second-order valence-electron chi connectivity index (χ2n) is 2.44. The van der Waals surface area contributed by atoms with Crippen LogP contribution in [-0.4, -0.2) is 34.0 Å². The van der Waals surface area contributed by atoms with Crippen molar-refractivity contribution in [2.45, 2.75) is 6.42 Å². The molecule has 0 radical (unpaired) electrons. The first kappa shape index (κ1) is 10.9. The summed E-state index contributed by atoms with van der Waals surface area (Å²) >= 11 is 0. The van der Waals surface area contributed by atoms with Gasteiger partial charge in [-0.1, -0.05) is 6.08 Å². The molecule has 0 saturated carbocycles. The zero-order valence-electron chi connectivity index (χ0n) is 6.62. The van der Waals surface area contributed by atoms with Gasteiger partial charge in [0, 0.05) is 22.6 Å². The van der Waals surface area contributed by atoms with E-state index in [0.717, 1.165) is 12.0 Å². The van der Waals surface area contributed by atoms with Crippen molar-refractivity contribution in [3.05, 3.63) is 11.5 Å². The molecule has 0 unspecified atom stereocenters. The first-order valence-electron chi connectivity index (χ1n) is 3.18. The molecule has 3 nitrogen and oxygen atoms in total. The lowest BCUT2D eigenvalue weighted by molar-refractivity contribution is 0.417. The Morgan fingerprint density at radius 2 is 2.00 bits per heavy atom. The van der Waals surface area contributed by atoms with Gasteiger partial charge in [-0.2, -0.15) is 0 Å². The average Bonchev–Trinajstić information content (AvgIpc) is 1.78. The molecule has 0 saturated heterocycles. The smallest absolute Gasteiger partial charge is 0.254 e. The van der Waals surface area contributed by atoms with Crippen molar-refractivity contribution >= 4 is 19.7 Å². The van der Waals surface area contributed by atoms with E-state index in [9.17, 15) is 8.42 Å². The summed E-state index contributed by atoms with van der Waals surface area (Å²) in [4.78, 5) is 1.96. The van der Waals surface area contributed by atoms with E-state index in [0.29, 0.717) is 6.42 Å². The quantitative estimate of drug-likeness (QED) is 0.632. The molecular weight excluding hydrogens is 186 g/mol. The Labute approximate surface area is 72.1 Å². The highest BCUT2D eigenvalue weighted by Crippen LogP contribution is 1.98. The minimum atomic E-state index is -3.45. The van der Waals surface area contributed by atoms with Crippen LogP contribution in [0.5, 0.6) is 0 Å². The van der Waals surface area contributed by atoms with Crippen LogP contribution in [0.15, 0.2) is 11.5 Å². The summed E-state index contributed by atoms with van der Waals surface area (Å²) in [5, 5.41) is 1.01. The first-order chi connectivity index (χ1) is 4.92. The number of rotatable bonds is 4. The van der Waals surface area contributed by atoms with E-state index in [1.54, 1.807) is 6.08 Å². The molecule has 0 atom stereocenters. The van der Waals surface area contributed by atoms with Crippen LogP contribution in [0.2, 0.25) is 0 Å². The van der Waals surface area contributed by atoms with E-state index in [2.05, 4.69) is 0 Å². The predicted octanol–water partition coefficient (Wildman–Crippen LogP) is 1.02. The van der Waals surface area contributed by atoms with Crippen LogP contribution in [0.3, 0.4) is 0 Å². The Hall–Kier alpha value is -0.0600. The highest BCUT2D eigenvalue weighted by atomic mass is 35.7. The van der Waals surface area contributed by atoms with Gasteiger partial charge in [0.15, 0.2) is 0 Å². The zero-order chi connectivity index (χ0) is 8.91. The van der Waals surface area contributed by atoms with Crippen LogP contribution in [0.25, 0.3) is 0 Å². The molecule has 0 aromatic rings. The van der Waals surface area contributed by atoms with Gasteiger partial charge in [-0.25, -0.2) is 8.42 Å². The lowest BCUT2D eigenvalue weighted by Crippen LogP contribution is -2.11. The SMILES string of the molecule is CN(C)CC/C=C\S(=O)(=O)Cl. The topological polar surface area (TPSA) is 37.4 Å². The van der Waals surface area contributed by atoms with Gasteiger partial charge in [0.25, 0.3) is 9.05 Å². The summed E-state index contributed by atoms with van der Waals surface area (Å²) in [6.07, 6.45) is 2.24. The Morgan fingerprint density at radius 3 is 2.36 bits per heavy atom. The maximum Gasteiger partial charge on any atom is 0.254 e. The maximum atomic E-state index is 10.3. The predicted molar refractivity (Wildman–Crippen MR) is 47.1 cm³/mol. The van der Waals surface area contributed by atoms with Crippen LogP contribution >= 0.6 is 10.7 Å². The second-order valence-corrected chi connectivity index (χ2v) is 4.95. The summed E-state index contributed by atoms with van der Waals surface area (Å²) in [6, 6.07) is 0. The lowest BCUT2D eigenvalue weighted by Gasteiger charge is -2.04. The van der Waals surface area contributed by atoms with E-state index in [1.165, 1.54) is 0 Å². The third-order valence-corrected chi connectivity index (χ3v) is 1.83. The van der Waals surface area contributed by atoms with Crippen molar-refractivity contribution in [1.29, 1.82) is 0 Å². The first-order valence-corrected chi connectivity index (χ1v) is 5.55. The van der Waals surface area contributed by atoms with Gasteiger partial charge in [0.1, 0.15) is 0 Å². The third-order valence-electron chi connectivity index (χ3n) is 1.00. The number of nitrogens with zero attached hydrogens (tertiary/aromatic N) is 1. The van der Waals surface area contributed by atoms with Crippen LogP contribution in [-0.2, 0) is 9.05 Å². The summed E-state index contributed by atoms with van der Waals surface area (Å²) < 4.78 is 20.7. The molecule has 0 amide bonds. The summed E-state index contributed by atoms with van der Waals surface area (Å²) in [5.41, 5.74) is 0. The van der Waals surface area contributed by atoms with Crippen molar-refractivity contribution < 1.29 is 8.42 Å². The maximum absolute atomic E-state index is 10.3. The second kappa shape index (κ2) is 4.74. The van der Waals surface area contributed by atoms with E-state index < -0.39 is 9.05 Å². The van der Waals surface area contributed by atoms with Crippen LogP contribution in [0.4, 0.5) is 0 Å². The monoisotopic (exact) mass is 197 g/mol. The highest BCUT2D eigenvalue weighted by Gasteiger charge is 1.95. The fourth-order valence-corrected chi connectivity index (χ4v) is 1.10. The molecule has 0 bridgehead atoms. The summed E-state index contributed by atoms with van der Waals surface area (Å²) in [5.74, 6) is 0. The van der Waals surface area contributed by atoms with Crippen molar-refractivity contribution in [2.24, 2.45) is 0 Å². The fourth-order valence-electron chi connectivity index (χ4n) is 0.516. The van der Waals surface area contributed by atoms with Gasteiger partial charge in [-0.3, -0.25) is 0 Å². The van der Waals surface area contributed by atoms with Crippen molar-refractivity contribution in [1.82, 2.24) is 4.90 Å². The summed E-state index contributed by atoms with van der Waals surface area (Å²) in [7, 11) is 5.31. The minimum Gasteiger partial charge on any atom is -0.309 e. The number of hydrogen-bond donors (Lipinski definition) is 0. The van der Waals surface area contributed by atoms with Gasteiger partial charge < -0.3 is 4.90 Å². The van der Waals surface area contributed by atoms with E-state index in [-0.39, 0.29) is 0 Å². The van der Waals surface area contributed by atoms with Gasteiger partial charge in [0.2, 0.25) is 0 Å². The highest BCUT2D eigenvalue weighted by molar-refractivity contribution is 8.16. The molecule has 11 heavy (non-hydrogen) atoms. The molecule has 0 aromatic carbocycles. The number of hydrogen-bond acceptors (Lipinski definition) is 3. The van der Waals surface area contributed by atoms with Crippen molar-refractivity contribution in [3.8, 4) is 0 Å². The molecule has 5 heteroatoms. The molecule has 0 aromatic heterocycles. The Balaban J connectivity index is 3.63.